The van der Waals surface area contributed by atoms with Gasteiger partial charge in [0.05, 0.1) is 10.6 Å². The number of aromatic hydroxyl groups is 2. The van der Waals surface area contributed by atoms with Gasteiger partial charge in [0.25, 0.3) is 5.91 Å². The highest BCUT2D eigenvalue weighted by molar-refractivity contribution is 6.32. The molecule has 2 aromatic rings. The molecule has 0 aromatic heterocycles. The number of fused-ring (bicyclic) bond motifs is 1. The van der Waals surface area contributed by atoms with Crippen molar-refractivity contribution in [2.45, 2.75) is 19.0 Å². The first-order chi connectivity index (χ1) is 11.9. The van der Waals surface area contributed by atoms with Crippen LogP contribution in [0.3, 0.4) is 0 Å². The van der Waals surface area contributed by atoms with E-state index in [0.29, 0.717) is 6.42 Å². The molecule has 1 atom stereocenters. The van der Waals surface area contributed by atoms with Gasteiger partial charge in [-0.15, -0.1) is 0 Å². The van der Waals surface area contributed by atoms with Crippen LogP contribution in [0.4, 0.5) is 0 Å². The second kappa shape index (κ2) is 6.64. The van der Waals surface area contributed by atoms with Gasteiger partial charge in [-0.25, -0.2) is 0 Å². The minimum Gasteiger partial charge on any atom is -0.507 e. The molecule has 0 bridgehead atoms. The first-order valence-electron chi connectivity index (χ1n) is 7.73. The molecule has 0 saturated carbocycles. The Morgan fingerprint density at radius 2 is 1.84 bits per heavy atom. The molecule has 3 rings (SSSR count). The normalized spacial score (nSPS) is 16.2. The molecule has 0 spiro atoms. The molecule has 0 fully saturated rings. The van der Waals surface area contributed by atoms with Crippen molar-refractivity contribution in [2.24, 2.45) is 0 Å². The summed E-state index contributed by atoms with van der Waals surface area (Å²) >= 11 is 5.86. The average molecular weight is 361 g/mol. The van der Waals surface area contributed by atoms with E-state index < -0.39 is 11.9 Å². The Balaban J connectivity index is 2.02. The molecule has 130 valence electrons. The van der Waals surface area contributed by atoms with Crippen LogP contribution >= 0.6 is 11.6 Å². The predicted molar refractivity (Wildman–Crippen MR) is 92.7 cm³/mol. The number of nitrogens with zero attached hydrogens (tertiary/aromatic N) is 1. The molecule has 2 aromatic carbocycles. The lowest BCUT2D eigenvalue weighted by Crippen LogP contribution is -2.51. The maximum absolute atomic E-state index is 13.0. The van der Waals surface area contributed by atoms with Crippen LogP contribution in [-0.4, -0.2) is 40.0 Å². The van der Waals surface area contributed by atoms with E-state index in [2.05, 4.69) is 5.32 Å². The highest BCUT2D eigenvalue weighted by Crippen LogP contribution is 2.33. The van der Waals surface area contributed by atoms with Gasteiger partial charge < -0.3 is 20.4 Å². The van der Waals surface area contributed by atoms with Gasteiger partial charge in [0.15, 0.2) is 0 Å². The van der Waals surface area contributed by atoms with Crippen LogP contribution < -0.4 is 5.32 Å². The topological polar surface area (TPSA) is 89.9 Å². The van der Waals surface area contributed by atoms with E-state index in [1.165, 1.54) is 18.0 Å². The van der Waals surface area contributed by atoms with E-state index in [4.69, 9.17) is 11.6 Å². The predicted octanol–water partition coefficient (Wildman–Crippen LogP) is 2.06. The number of nitrogens with one attached hydrogen (secondary N) is 1. The third kappa shape index (κ3) is 3.13. The third-order valence-corrected chi connectivity index (χ3v) is 4.66. The fraction of sp³-hybridized carbons (Fsp3) is 0.222. The summed E-state index contributed by atoms with van der Waals surface area (Å²) in [6, 6.07) is 9.12. The number of hydrogen-bond acceptors (Lipinski definition) is 4. The van der Waals surface area contributed by atoms with Gasteiger partial charge in [-0.05, 0) is 17.2 Å². The Labute approximate surface area is 149 Å². The van der Waals surface area contributed by atoms with Crippen LogP contribution in [0, 0.1) is 0 Å². The molecule has 0 radical (unpaired) electrons. The standard InChI is InChI=1S/C18H17ClN2O4/c1-20-17(24)14-6-10-4-2-3-5-11(10)9-21(14)18(25)12-7-13(19)16(23)8-15(12)22/h2-5,7-8,14,22-23H,6,9H2,1H3,(H,20,24)/t14-/m0/s1. The Kier molecular flexibility index (Phi) is 4.55. The Hall–Kier alpha value is -2.73. The number of phenolic OH excluding ortho intramolecular Hbond substituents is 2. The van der Waals surface area contributed by atoms with E-state index in [1.54, 1.807) is 0 Å². The number of halogens is 1. The molecule has 0 unspecified atom stereocenters. The van der Waals surface area contributed by atoms with Gasteiger partial charge in [0, 0.05) is 26.1 Å². The van der Waals surface area contributed by atoms with Crippen LogP contribution in [0.5, 0.6) is 11.5 Å². The molecule has 25 heavy (non-hydrogen) atoms. The summed E-state index contributed by atoms with van der Waals surface area (Å²) in [5.74, 6) is -1.52. The van der Waals surface area contributed by atoms with Crippen molar-refractivity contribution in [3.8, 4) is 11.5 Å². The first-order valence-corrected chi connectivity index (χ1v) is 8.11. The highest BCUT2D eigenvalue weighted by atomic mass is 35.5. The summed E-state index contributed by atoms with van der Waals surface area (Å²) in [5, 5.41) is 22.1. The van der Waals surface area contributed by atoms with Gasteiger partial charge >= 0.3 is 0 Å². The second-order valence-electron chi connectivity index (χ2n) is 5.86. The van der Waals surface area contributed by atoms with Crippen molar-refractivity contribution in [3.63, 3.8) is 0 Å². The van der Waals surface area contributed by atoms with Crippen molar-refractivity contribution < 1.29 is 19.8 Å². The van der Waals surface area contributed by atoms with E-state index in [1.807, 2.05) is 24.3 Å². The molecule has 3 N–H and O–H groups in total. The Morgan fingerprint density at radius 3 is 2.52 bits per heavy atom. The zero-order chi connectivity index (χ0) is 18.1. The van der Waals surface area contributed by atoms with Crippen LogP contribution in [0.2, 0.25) is 5.02 Å². The summed E-state index contributed by atoms with van der Waals surface area (Å²) in [6.07, 6.45) is 0.383. The summed E-state index contributed by atoms with van der Waals surface area (Å²) in [4.78, 5) is 26.7. The van der Waals surface area contributed by atoms with Gasteiger partial charge in [0.1, 0.15) is 17.5 Å². The molecule has 0 saturated heterocycles. The van der Waals surface area contributed by atoms with Gasteiger partial charge in [0.2, 0.25) is 5.91 Å². The van der Waals surface area contributed by atoms with Crippen molar-refractivity contribution >= 4 is 23.4 Å². The number of carbonyl (C=O) groups excluding carboxylic acids is 2. The lowest BCUT2D eigenvalue weighted by molar-refractivity contribution is -0.125. The van der Waals surface area contributed by atoms with Gasteiger partial charge in [-0.3, -0.25) is 9.59 Å². The summed E-state index contributed by atoms with van der Waals surface area (Å²) in [6.45, 7) is 0.241. The van der Waals surface area contributed by atoms with Gasteiger partial charge in [-0.2, -0.15) is 0 Å². The van der Waals surface area contributed by atoms with E-state index in [-0.39, 0.29) is 34.5 Å². The molecule has 2 amide bonds. The molecule has 1 aliphatic rings. The summed E-state index contributed by atoms with van der Waals surface area (Å²) < 4.78 is 0. The Morgan fingerprint density at radius 1 is 1.16 bits per heavy atom. The molecule has 6 nitrogen and oxygen atoms in total. The van der Waals surface area contributed by atoms with E-state index in [9.17, 15) is 19.8 Å². The third-order valence-electron chi connectivity index (χ3n) is 4.35. The van der Waals surface area contributed by atoms with Crippen molar-refractivity contribution in [1.29, 1.82) is 0 Å². The highest BCUT2D eigenvalue weighted by Gasteiger charge is 2.35. The number of hydrogen-bond donors (Lipinski definition) is 3. The number of carbonyl (C=O) groups is 2. The summed E-state index contributed by atoms with van der Waals surface area (Å²) in [5.41, 5.74) is 1.89. The van der Waals surface area contributed by atoms with E-state index >= 15 is 0 Å². The van der Waals surface area contributed by atoms with Crippen LogP contribution in [0.1, 0.15) is 21.5 Å². The molecule has 0 aliphatic carbocycles. The van der Waals surface area contributed by atoms with Crippen molar-refractivity contribution in [2.75, 3.05) is 7.05 Å². The number of rotatable bonds is 2. The van der Waals surface area contributed by atoms with Gasteiger partial charge in [-0.1, -0.05) is 35.9 Å². The molecular formula is C18H17ClN2O4. The number of phenols is 2. The van der Waals surface area contributed by atoms with Crippen LogP contribution in [0.15, 0.2) is 36.4 Å². The molecular weight excluding hydrogens is 344 g/mol. The number of amides is 2. The largest absolute Gasteiger partial charge is 0.507 e. The SMILES string of the molecule is CNC(=O)[C@@H]1Cc2ccccc2CN1C(=O)c1cc(Cl)c(O)cc1O. The lowest BCUT2D eigenvalue weighted by Gasteiger charge is -2.36. The first kappa shape index (κ1) is 17.1. The van der Waals surface area contributed by atoms with Crippen molar-refractivity contribution in [3.05, 3.63) is 58.1 Å². The molecule has 7 heteroatoms. The second-order valence-corrected chi connectivity index (χ2v) is 6.26. The molecule has 1 heterocycles. The van der Waals surface area contributed by atoms with Crippen LogP contribution in [0.25, 0.3) is 0 Å². The Bertz CT molecular complexity index is 853. The van der Waals surface area contributed by atoms with Crippen molar-refractivity contribution in [1.82, 2.24) is 10.2 Å². The average Bonchev–Trinajstić information content (AvgIpc) is 2.62. The monoisotopic (exact) mass is 360 g/mol. The van der Waals surface area contributed by atoms with Crippen LogP contribution in [-0.2, 0) is 17.8 Å². The smallest absolute Gasteiger partial charge is 0.258 e. The number of likely N-dealkylation sites (N-methyl/N-ethyl adjacent to an activating group) is 1. The fourth-order valence-electron chi connectivity index (χ4n) is 3.01. The minimum atomic E-state index is -0.695. The maximum Gasteiger partial charge on any atom is 0.258 e. The minimum absolute atomic E-state index is 0.0462. The fourth-order valence-corrected chi connectivity index (χ4v) is 3.18. The zero-order valence-corrected chi connectivity index (χ0v) is 14.2. The summed E-state index contributed by atoms with van der Waals surface area (Å²) in [7, 11) is 1.51. The number of benzene rings is 2. The zero-order valence-electron chi connectivity index (χ0n) is 13.5. The quantitative estimate of drug-likeness (QED) is 0.764. The lowest BCUT2D eigenvalue weighted by atomic mass is 9.92. The molecule has 1 aliphatic heterocycles. The van der Waals surface area contributed by atoms with E-state index in [0.717, 1.165) is 17.2 Å². The maximum atomic E-state index is 13.0.